The third-order valence-corrected chi connectivity index (χ3v) is 2.42. The Bertz CT molecular complexity index is 332. The van der Waals surface area contributed by atoms with Gasteiger partial charge in [-0.1, -0.05) is 37.6 Å². The van der Waals surface area contributed by atoms with Crippen LogP contribution in [-0.2, 0) is 4.79 Å². The molecule has 0 heterocycles. The maximum atomic E-state index is 12.0. The molecule has 0 radical (unpaired) electrons. The maximum Gasteiger partial charge on any atom is 0.227 e. The summed E-state index contributed by atoms with van der Waals surface area (Å²) in [5.74, 6) is 0.174. The molecule has 0 spiro atoms. The summed E-state index contributed by atoms with van der Waals surface area (Å²) >= 11 is 0. The number of hydrogen-bond acceptors (Lipinski definition) is 1. The lowest BCUT2D eigenvalue weighted by Gasteiger charge is -2.21. The summed E-state index contributed by atoms with van der Waals surface area (Å²) in [5.41, 5.74) is 0.948. The Kier molecular flexibility index (Phi) is 5.34. The third kappa shape index (κ3) is 3.54. The van der Waals surface area contributed by atoms with Crippen molar-refractivity contribution >= 4 is 11.6 Å². The van der Waals surface area contributed by atoms with Crippen molar-refractivity contribution in [1.82, 2.24) is 0 Å². The first-order valence-corrected chi connectivity index (χ1v) is 5.76. The highest BCUT2D eigenvalue weighted by Crippen LogP contribution is 2.15. The second kappa shape index (κ2) is 6.83. The van der Waals surface area contributed by atoms with Gasteiger partial charge in [0.15, 0.2) is 0 Å². The Morgan fingerprint density at radius 1 is 1.38 bits per heavy atom. The van der Waals surface area contributed by atoms with Gasteiger partial charge in [-0.3, -0.25) is 4.79 Å². The minimum atomic E-state index is 0.174. The monoisotopic (exact) mass is 217 g/mol. The van der Waals surface area contributed by atoms with Crippen LogP contribution in [0.5, 0.6) is 0 Å². The lowest BCUT2D eigenvalue weighted by atomic mass is 10.2. The molecular formula is C14H19NO. The lowest BCUT2D eigenvalue weighted by molar-refractivity contribution is -0.118. The van der Waals surface area contributed by atoms with Crippen molar-refractivity contribution in [2.45, 2.75) is 26.2 Å². The van der Waals surface area contributed by atoms with Gasteiger partial charge in [-0.15, -0.1) is 6.58 Å². The molecule has 86 valence electrons. The van der Waals surface area contributed by atoms with Crippen LogP contribution in [0, 0.1) is 0 Å². The topological polar surface area (TPSA) is 20.3 Å². The molecule has 1 aromatic carbocycles. The number of hydrogen-bond donors (Lipinski definition) is 0. The average molecular weight is 217 g/mol. The number of carbonyl (C=O) groups excluding carboxylic acids is 1. The van der Waals surface area contributed by atoms with Gasteiger partial charge in [-0.25, -0.2) is 0 Å². The van der Waals surface area contributed by atoms with Crippen molar-refractivity contribution in [2.24, 2.45) is 0 Å². The van der Waals surface area contributed by atoms with E-state index in [2.05, 4.69) is 13.5 Å². The van der Waals surface area contributed by atoms with Gasteiger partial charge in [0.1, 0.15) is 0 Å². The van der Waals surface area contributed by atoms with Gasteiger partial charge in [-0.05, 0) is 18.6 Å². The first-order valence-electron chi connectivity index (χ1n) is 5.76. The normalized spacial score (nSPS) is 9.81. The molecule has 0 saturated carbocycles. The van der Waals surface area contributed by atoms with Gasteiger partial charge in [0.05, 0.1) is 0 Å². The molecule has 0 aliphatic heterocycles. The molecule has 2 nitrogen and oxygen atoms in total. The zero-order valence-electron chi connectivity index (χ0n) is 9.86. The average Bonchev–Trinajstić information content (AvgIpc) is 2.34. The number of amides is 1. The quantitative estimate of drug-likeness (QED) is 0.669. The zero-order valence-corrected chi connectivity index (χ0v) is 9.86. The van der Waals surface area contributed by atoms with E-state index in [1.54, 1.807) is 11.0 Å². The second-order valence-electron chi connectivity index (χ2n) is 3.73. The smallest absolute Gasteiger partial charge is 0.227 e. The summed E-state index contributed by atoms with van der Waals surface area (Å²) in [7, 11) is 0. The number of benzene rings is 1. The Morgan fingerprint density at radius 2 is 2.06 bits per heavy atom. The van der Waals surface area contributed by atoms with E-state index in [0.717, 1.165) is 18.5 Å². The van der Waals surface area contributed by atoms with Crippen LogP contribution < -0.4 is 4.90 Å². The lowest BCUT2D eigenvalue weighted by Crippen LogP contribution is -2.30. The largest absolute Gasteiger partial charge is 0.309 e. The standard InChI is InChI=1S/C14H19NO/c1-3-5-11-14(16)15(12-4-2)13-9-7-6-8-10-13/h4,6-10H,2-3,5,11-12H2,1H3. The van der Waals surface area contributed by atoms with Crippen molar-refractivity contribution in [3.63, 3.8) is 0 Å². The van der Waals surface area contributed by atoms with Crippen molar-refractivity contribution in [1.29, 1.82) is 0 Å². The fraction of sp³-hybridized carbons (Fsp3) is 0.357. The highest BCUT2D eigenvalue weighted by atomic mass is 16.2. The predicted octanol–water partition coefficient (Wildman–Crippen LogP) is 3.40. The zero-order chi connectivity index (χ0) is 11.8. The molecular weight excluding hydrogens is 198 g/mol. The minimum absolute atomic E-state index is 0.174. The van der Waals surface area contributed by atoms with Crippen molar-refractivity contribution in [2.75, 3.05) is 11.4 Å². The van der Waals surface area contributed by atoms with Crippen LogP contribution in [-0.4, -0.2) is 12.5 Å². The van der Waals surface area contributed by atoms with Gasteiger partial charge < -0.3 is 4.90 Å². The molecule has 0 bridgehead atoms. The van der Waals surface area contributed by atoms with Crippen LogP contribution in [0.2, 0.25) is 0 Å². The third-order valence-electron chi connectivity index (χ3n) is 2.42. The van der Waals surface area contributed by atoms with Gasteiger partial charge in [0, 0.05) is 18.7 Å². The summed E-state index contributed by atoms with van der Waals surface area (Å²) < 4.78 is 0. The molecule has 0 aliphatic carbocycles. The highest BCUT2D eigenvalue weighted by Gasteiger charge is 2.12. The molecule has 0 unspecified atom stereocenters. The molecule has 1 aromatic rings. The van der Waals surface area contributed by atoms with Crippen molar-refractivity contribution in [3.8, 4) is 0 Å². The summed E-state index contributed by atoms with van der Waals surface area (Å²) in [6.45, 7) is 6.36. The first kappa shape index (κ1) is 12.5. The summed E-state index contributed by atoms with van der Waals surface area (Å²) in [5, 5.41) is 0. The van der Waals surface area contributed by atoms with E-state index in [9.17, 15) is 4.79 Å². The Hall–Kier alpha value is -1.57. The van der Waals surface area contributed by atoms with Crippen LogP contribution >= 0.6 is 0 Å². The molecule has 2 heteroatoms. The van der Waals surface area contributed by atoms with Crippen LogP contribution in [0.1, 0.15) is 26.2 Å². The molecule has 1 rings (SSSR count). The van der Waals surface area contributed by atoms with Crippen LogP contribution in [0.3, 0.4) is 0 Å². The van der Waals surface area contributed by atoms with Crippen molar-refractivity contribution < 1.29 is 4.79 Å². The summed E-state index contributed by atoms with van der Waals surface area (Å²) in [4.78, 5) is 13.8. The van der Waals surface area contributed by atoms with E-state index in [1.807, 2.05) is 30.3 Å². The first-order chi connectivity index (χ1) is 7.79. The van der Waals surface area contributed by atoms with E-state index >= 15 is 0 Å². The molecule has 0 saturated heterocycles. The molecule has 0 fully saturated rings. The Labute approximate surface area is 97.6 Å². The van der Waals surface area contributed by atoms with Gasteiger partial charge in [0.25, 0.3) is 0 Å². The molecule has 0 aromatic heterocycles. The number of carbonyl (C=O) groups is 1. The van der Waals surface area contributed by atoms with E-state index in [-0.39, 0.29) is 5.91 Å². The molecule has 0 N–H and O–H groups in total. The second-order valence-corrected chi connectivity index (χ2v) is 3.73. The summed E-state index contributed by atoms with van der Waals surface area (Å²) in [6.07, 6.45) is 4.36. The molecule has 0 aliphatic rings. The van der Waals surface area contributed by atoms with E-state index in [1.165, 1.54) is 0 Å². The predicted molar refractivity (Wildman–Crippen MR) is 68.5 cm³/mol. The number of nitrogens with zero attached hydrogens (tertiary/aromatic N) is 1. The number of para-hydroxylation sites is 1. The Balaban J connectivity index is 2.74. The van der Waals surface area contributed by atoms with E-state index in [0.29, 0.717) is 13.0 Å². The van der Waals surface area contributed by atoms with Gasteiger partial charge in [0.2, 0.25) is 5.91 Å². The molecule has 0 atom stereocenters. The Morgan fingerprint density at radius 3 is 2.62 bits per heavy atom. The van der Waals surface area contributed by atoms with Crippen LogP contribution in [0.15, 0.2) is 43.0 Å². The van der Waals surface area contributed by atoms with Crippen LogP contribution in [0.4, 0.5) is 5.69 Å². The number of anilines is 1. The highest BCUT2D eigenvalue weighted by molar-refractivity contribution is 5.93. The fourth-order valence-electron chi connectivity index (χ4n) is 1.55. The number of rotatable bonds is 6. The van der Waals surface area contributed by atoms with Gasteiger partial charge in [-0.2, -0.15) is 0 Å². The van der Waals surface area contributed by atoms with E-state index < -0.39 is 0 Å². The van der Waals surface area contributed by atoms with Gasteiger partial charge >= 0.3 is 0 Å². The van der Waals surface area contributed by atoms with E-state index in [4.69, 9.17) is 0 Å². The van der Waals surface area contributed by atoms with Crippen LogP contribution in [0.25, 0.3) is 0 Å². The van der Waals surface area contributed by atoms with Crippen molar-refractivity contribution in [3.05, 3.63) is 43.0 Å². The summed E-state index contributed by atoms with van der Waals surface area (Å²) in [6, 6.07) is 9.74. The number of unbranched alkanes of at least 4 members (excludes halogenated alkanes) is 1. The molecule has 16 heavy (non-hydrogen) atoms. The fourth-order valence-corrected chi connectivity index (χ4v) is 1.55. The SMILES string of the molecule is C=CCN(C(=O)CCCC)c1ccccc1. The maximum absolute atomic E-state index is 12.0. The molecule has 1 amide bonds. The minimum Gasteiger partial charge on any atom is -0.309 e.